The molecule has 11 rings (SSSR count). The lowest BCUT2D eigenvalue weighted by molar-refractivity contribution is 0.0426. The predicted molar refractivity (Wildman–Crippen MR) is 250 cm³/mol. The van der Waals surface area contributed by atoms with Gasteiger partial charge < -0.3 is 4.90 Å². The molecule has 0 radical (unpaired) electrons. The van der Waals surface area contributed by atoms with Crippen LogP contribution in [0.25, 0.3) is 49.7 Å². The number of allylic oxidation sites excluding steroid dienone is 4. The zero-order valence-electron chi connectivity index (χ0n) is 34.6. The molecule has 6 unspecified atom stereocenters. The third-order valence-electron chi connectivity index (χ3n) is 14.7. The molecule has 0 saturated heterocycles. The van der Waals surface area contributed by atoms with E-state index in [1.54, 1.807) is 11.1 Å². The third-order valence-corrected chi connectivity index (χ3v) is 14.7. The monoisotopic (exact) mass is 763 g/mol. The summed E-state index contributed by atoms with van der Waals surface area (Å²) in [5.41, 5.74) is 17.3. The maximum absolute atomic E-state index is 2.58. The number of anilines is 3. The van der Waals surface area contributed by atoms with Gasteiger partial charge in [0.25, 0.3) is 0 Å². The van der Waals surface area contributed by atoms with Crippen molar-refractivity contribution < 1.29 is 0 Å². The highest BCUT2D eigenvalue weighted by Gasteiger charge is 2.56. The van der Waals surface area contributed by atoms with E-state index in [0.29, 0.717) is 17.8 Å². The van der Waals surface area contributed by atoms with Crippen molar-refractivity contribution in [1.29, 1.82) is 0 Å². The highest BCUT2D eigenvalue weighted by Crippen LogP contribution is 2.65. The minimum absolute atomic E-state index is 0.0689. The maximum Gasteiger partial charge on any atom is 0.0540 e. The fourth-order valence-electron chi connectivity index (χ4n) is 12.3. The Labute approximate surface area is 350 Å². The molecule has 2 saturated carbocycles. The smallest absolute Gasteiger partial charge is 0.0540 e. The maximum atomic E-state index is 2.58. The van der Waals surface area contributed by atoms with Crippen LogP contribution in [0.5, 0.6) is 0 Å². The molecule has 7 aromatic carbocycles. The Morgan fingerprint density at radius 1 is 0.508 bits per heavy atom. The van der Waals surface area contributed by atoms with Crippen LogP contribution in [0.4, 0.5) is 17.1 Å². The van der Waals surface area contributed by atoms with Crippen molar-refractivity contribution >= 4 is 33.4 Å². The summed E-state index contributed by atoms with van der Waals surface area (Å²) in [5.74, 6) is 3.53. The molecule has 0 aliphatic heterocycles. The fourth-order valence-corrected chi connectivity index (χ4v) is 12.3. The Morgan fingerprint density at radius 3 is 1.93 bits per heavy atom. The molecule has 1 spiro atoms. The Kier molecular flexibility index (Phi) is 8.84. The summed E-state index contributed by atoms with van der Waals surface area (Å²) >= 11 is 0. The molecule has 1 nitrogen and oxygen atoms in total. The zero-order valence-corrected chi connectivity index (χ0v) is 34.6. The Balaban J connectivity index is 1.07. The number of rotatable bonds is 6. The van der Waals surface area contributed by atoms with Gasteiger partial charge in [-0.2, -0.15) is 0 Å². The van der Waals surface area contributed by atoms with E-state index in [1.165, 1.54) is 86.7 Å². The van der Waals surface area contributed by atoms with Crippen molar-refractivity contribution in [2.75, 3.05) is 4.90 Å². The van der Waals surface area contributed by atoms with E-state index in [2.05, 4.69) is 202 Å². The number of nitrogens with zero attached hydrogens (tertiary/aromatic N) is 1. The lowest BCUT2D eigenvalue weighted by Gasteiger charge is -2.54. The zero-order chi connectivity index (χ0) is 39.7. The topological polar surface area (TPSA) is 3.24 Å². The van der Waals surface area contributed by atoms with E-state index < -0.39 is 0 Å². The third kappa shape index (κ3) is 5.88. The number of benzene rings is 7. The average Bonchev–Trinajstić information content (AvgIpc) is 3.58. The van der Waals surface area contributed by atoms with Crippen molar-refractivity contribution in [3.8, 4) is 33.4 Å². The van der Waals surface area contributed by atoms with Gasteiger partial charge >= 0.3 is 0 Å². The summed E-state index contributed by atoms with van der Waals surface area (Å²) in [4.78, 5) is 2.46. The molecule has 0 N–H and O–H groups in total. The summed E-state index contributed by atoms with van der Waals surface area (Å²) < 4.78 is 0. The summed E-state index contributed by atoms with van der Waals surface area (Å²) in [7, 11) is 0. The molecule has 6 atom stereocenters. The summed E-state index contributed by atoms with van der Waals surface area (Å²) in [5, 5.41) is 2.54. The van der Waals surface area contributed by atoms with Gasteiger partial charge in [0.05, 0.1) is 5.69 Å². The second-order valence-corrected chi connectivity index (χ2v) is 18.4. The van der Waals surface area contributed by atoms with Gasteiger partial charge in [-0.25, -0.2) is 0 Å². The van der Waals surface area contributed by atoms with Crippen LogP contribution in [-0.4, -0.2) is 0 Å². The number of hydrogen-bond donors (Lipinski definition) is 0. The molecule has 2 bridgehead atoms. The summed E-state index contributed by atoms with van der Waals surface area (Å²) in [6.07, 6.45) is 13.5. The van der Waals surface area contributed by atoms with Crippen LogP contribution in [0.3, 0.4) is 0 Å². The average molecular weight is 764 g/mol. The quantitative estimate of drug-likeness (QED) is 0.163. The van der Waals surface area contributed by atoms with E-state index in [-0.39, 0.29) is 5.41 Å². The van der Waals surface area contributed by atoms with Gasteiger partial charge in [-0.1, -0.05) is 166 Å². The molecule has 2 fully saturated rings. The minimum atomic E-state index is 0.0689. The van der Waals surface area contributed by atoms with Gasteiger partial charge in [-0.15, -0.1) is 0 Å². The molecule has 1 heteroatoms. The van der Waals surface area contributed by atoms with Crippen LogP contribution in [0.2, 0.25) is 0 Å². The van der Waals surface area contributed by atoms with Gasteiger partial charge in [-0.3, -0.25) is 0 Å². The Morgan fingerprint density at radius 2 is 1.17 bits per heavy atom. The molecular weight excluding hydrogens is 711 g/mol. The van der Waals surface area contributed by atoms with Gasteiger partial charge in [-0.05, 0) is 153 Å². The van der Waals surface area contributed by atoms with Crippen LogP contribution in [-0.2, 0) is 5.41 Å². The van der Waals surface area contributed by atoms with Crippen LogP contribution in [0, 0.1) is 29.6 Å². The van der Waals surface area contributed by atoms with E-state index in [1.807, 2.05) is 0 Å². The van der Waals surface area contributed by atoms with E-state index in [0.717, 1.165) is 29.6 Å². The molecule has 7 aromatic rings. The van der Waals surface area contributed by atoms with E-state index in [4.69, 9.17) is 0 Å². The highest BCUT2D eigenvalue weighted by molar-refractivity contribution is 6.09. The summed E-state index contributed by atoms with van der Waals surface area (Å²) in [6.45, 7) is 7.37. The second-order valence-electron chi connectivity index (χ2n) is 18.4. The van der Waals surface area contributed by atoms with Crippen LogP contribution >= 0.6 is 0 Å². The first-order valence-corrected chi connectivity index (χ1v) is 22.2. The van der Waals surface area contributed by atoms with Crippen molar-refractivity contribution in [2.24, 2.45) is 29.6 Å². The van der Waals surface area contributed by atoms with Crippen molar-refractivity contribution in [3.63, 3.8) is 0 Å². The van der Waals surface area contributed by atoms with Gasteiger partial charge in [0.15, 0.2) is 0 Å². The molecule has 0 aromatic heterocycles. The van der Waals surface area contributed by atoms with Crippen molar-refractivity contribution in [2.45, 2.75) is 58.3 Å². The van der Waals surface area contributed by atoms with Crippen molar-refractivity contribution in [1.82, 2.24) is 0 Å². The highest BCUT2D eigenvalue weighted by atomic mass is 15.1. The molecule has 4 aliphatic carbocycles. The first kappa shape index (κ1) is 36.2. The predicted octanol–water partition coefficient (Wildman–Crippen LogP) is 16.0. The molecule has 4 aliphatic rings. The largest absolute Gasteiger partial charge is 0.310 e. The molecule has 0 heterocycles. The Bertz CT molecular complexity index is 2750. The SMILES string of the molecule is CC1C=CC(c2ccc(N(c3ccc(-c4ccccc4)cc3)c3ccc(-c4cccc5c4-c4ccccc4C54C(C)CC5CC(C)CC4C5)c4ccccc34)cc2)=CC1. The first-order chi connectivity index (χ1) is 29.0. The van der Waals surface area contributed by atoms with E-state index in [9.17, 15) is 0 Å². The fraction of sp³-hybridized carbons (Fsp3) is 0.241. The first-order valence-electron chi connectivity index (χ1n) is 22.2. The summed E-state index contributed by atoms with van der Waals surface area (Å²) in [6, 6.07) is 59.7. The molecule has 59 heavy (non-hydrogen) atoms. The molecular formula is C58H53N. The molecule has 0 amide bonds. The Hall–Kier alpha value is -5.92. The molecule has 290 valence electrons. The second kappa shape index (κ2) is 14.4. The lowest BCUT2D eigenvalue weighted by Crippen LogP contribution is -2.49. The van der Waals surface area contributed by atoms with Crippen LogP contribution < -0.4 is 4.90 Å². The normalized spacial score (nSPS) is 24.1. The number of fused-ring (bicyclic) bond motifs is 9. The van der Waals surface area contributed by atoms with Gasteiger partial charge in [0.1, 0.15) is 0 Å². The lowest BCUT2D eigenvalue weighted by atomic mass is 9.49. The minimum Gasteiger partial charge on any atom is -0.310 e. The number of hydrogen-bond acceptors (Lipinski definition) is 1. The van der Waals surface area contributed by atoms with Gasteiger partial charge in [0, 0.05) is 22.2 Å². The van der Waals surface area contributed by atoms with Crippen LogP contribution in [0.15, 0.2) is 176 Å². The van der Waals surface area contributed by atoms with Crippen LogP contribution in [0.1, 0.15) is 69.6 Å². The van der Waals surface area contributed by atoms with Gasteiger partial charge in [0.2, 0.25) is 0 Å². The van der Waals surface area contributed by atoms with Crippen molar-refractivity contribution in [3.05, 3.63) is 193 Å². The van der Waals surface area contributed by atoms with E-state index >= 15 is 0 Å². The standard InChI is InChI=1S/C58H53N/c1-38-20-22-43(23-21-38)45-26-30-48(31-27-45)59(47-28-24-44(25-29-47)42-12-5-4-6-13-42)56-33-32-50(49-14-7-8-15-51(49)56)52-17-11-19-55-57(52)53-16-9-10-18-54(53)58(55)40(3)36-41-34-39(2)35-46(58)37-41/h4-20,22-33,38-41,46H,21,34-37H2,1-3H3.